The molecule has 3 heteroatoms. The molecule has 0 radical (unpaired) electrons. The Morgan fingerprint density at radius 1 is 0.952 bits per heavy atom. The number of carbonyl (C=O) groups excluding carboxylic acids is 1. The fourth-order valence-corrected chi connectivity index (χ4v) is 3.16. The fourth-order valence-electron chi connectivity index (χ4n) is 3.16. The van der Waals surface area contributed by atoms with E-state index >= 15 is 0 Å². The minimum atomic E-state index is 0.164. The Morgan fingerprint density at radius 3 is 2.76 bits per heavy atom. The first-order valence-corrected chi connectivity index (χ1v) is 7.34. The first-order chi connectivity index (χ1) is 10.3. The minimum absolute atomic E-state index is 0.164. The van der Waals surface area contributed by atoms with E-state index in [0.717, 1.165) is 46.6 Å². The van der Waals surface area contributed by atoms with E-state index in [1.807, 2.05) is 36.4 Å². The molecule has 3 nitrogen and oxygen atoms in total. The summed E-state index contributed by atoms with van der Waals surface area (Å²) in [5.41, 5.74) is 3.99. The van der Waals surface area contributed by atoms with Crippen LogP contribution in [0, 0.1) is 0 Å². The lowest BCUT2D eigenvalue weighted by Gasteiger charge is -2.26. The molecule has 2 aliphatic carbocycles. The summed E-state index contributed by atoms with van der Waals surface area (Å²) < 4.78 is 11.2. The van der Waals surface area contributed by atoms with Gasteiger partial charge in [0.1, 0.15) is 19.0 Å². The average Bonchev–Trinajstić information content (AvgIpc) is 2.55. The summed E-state index contributed by atoms with van der Waals surface area (Å²) in [6.45, 7) is 1.19. The van der Waals surface area contributed by atoms with Gasteiger partial charge in [-0.25, -0.2) is 0 Å². The van der Waals surface area contributed by atoms with Crippen LogP contribution >= 0.6 is 0 Å². The van der Waals surface area contributed by atoms with Crippen LogP contribution in [-0.4, -0.2) is 19.0 Å². The number of carbonyl (C=O) groups is 1. The van der Waals surface area contributed by atoms with E-state index in [1.165, 1.54) is 0 Å². The number of benzene rings is 1. The SMILES string of the molecule is O=C1C(=C2C=CC3=C(C2)OCCO3)CCc2ccccc21. The second kappa shape index (κ2) is 4.92. The van der Waals surface area contributed by atoms with Crippen LogP contribution in [0.25, 0.3) is 0 Å². The molecule has 0 spiro atoms. The van der Waals surface area contributed by atoms with Crippen molar-refractivity contribution < 1.29 is 14.3 Å². The van der Waals surface area contributed by atoms with E-state index in [-0.39, 0.29) is 5.78 Å². The van der Waals surface area contributed by atoms with Crippen LogP contribution in [0.1, 0.15) is 28.8 Å². The van der Waals surface area contributed by atoms with Gasteiger partial charge in [-0.15, -0.1) is 0 Å². The maximum atomic E-state index is 12.7. The molecule has 0 amide bonds. The van der Waals surface area contributed by atoms with Crippen molar-refractivity contribution in [3.05, 3.63) is 70.2 Å². The van der Waals surface area contributed by atoms with Gasteiger partial charge in [-0.3, -0.25) is 4.79 Å². The highest BCUT2D eigenvalue weighted by molar-refractivity contribution is 6.11. The Morgan fingerprint density at radius 2 is 1.81 bits per heavy atom. The van der Waals surface area contributed by atoms with Gasteiger partial charge in [0, 0.05) is 17.6 Å². The molecule has 0 N–H and O–H groups in total. The zero-order valence-electron chi connectivity index (χ0n) is 11.7. The zero-order chi connectivity index (χ0) is 14.2. The standard InChI is InChI=1S/C18H16O3/c19-18-14-4-2-1-3-12(14)5-7-15(18)13-6-8-16-17(11-13)21-10-9-20-16/h1-4,6,8H,5,7,9-11H2. The van der Waals surface area contributed by atoms with E-state index in [4.69, 9.17) is 9.47 Å². The molecule has 4 rings (SSSR count). The fraction of sp³-hybridized carbons (Fsp3) is 0.278. The Bertz CT molecular complexity index is 707. The summed E-state index contributed by atoms with van der Waals surface area (Å²) in [6.07, 6.45) is 6.33. The highest BCUT2D eigenvalue weighted by Crippen LogP contribution is 2.34. The third kappa shape index (κ3) is 2.09. The molecule has 1 aromatic rings. The molecule has 0 bridgehead atoms. The minimum Gasteiger partial charge on any atom is -0.490 e. The molecule has 0 unspecified atom stereocenters. The number of hydrogen-bond acceptors (Lipinski definition) is 3. The Balaban J connectivity index is 1.70. The Labute approximate surface area is 123 Å². The van der Waals surface area contributed by atoms with Gasteiger partial charge >= 0.3 is 0 Å². The smallest absolute Gasteiger partial charge is 0.189 e. The first kappa shape index (κ1) is 12.5. The van der Waals surface area contributed by atoms with Crippen LogP contribution in [0.3, 0.4) is 0 Å². The molecule has 0 atom stereocenters. The molecule has 1 aromatic carbocycles. The van der Waals surface area contributed by atoms with E-state index in [0.29, 0.717) is 19.6 Å². The summed E-state index contributed by atoms with van der Waals surface area (Å²) in [4.78, 5) is 12.7. The van der Waals surface area contributed by atoms with Gasteiger partial charge in [0.05, 0.1) is 0 Å². The molecule has 106 valence electrons. The van der Waals surface area contributed by atoms with Crippen LogP contribution in [0.15, 0.2) is 59.1 Å². The summed E-state index contributed by atoms with van der Waals surface area (Å²) in [6, 6.07) is 7.90. The van der Waals surface area contributed by atoms with Gasteiger partial charge in [0.15, 0.2) is 11.5 Å². The summed E-state index contributed by atoms with van der Waals surface area (Å²) >= 11 is 0. The summed E-state index contributed by atoms with van der Waals surface area (Å²) in [7, 11) is 0. The third-order valence-corrected chi connectivity index (χ3v) is 4.25. The lowest BCUT2D eigenvalue weighted by Crippen LogP contribution is -2.19. The molecule has 1 aliphatic heterocycles. The van der Waals surface area contributed by atoms with Gasteiger partial charge in [-0.2, -0.15) is 0 Å². The van der Waals surface area contributed by atoms with Gasteiger partial charge in [-0.05, 0) is 30.1 Å². The van der Waals surface area contributed by atoms with Crippen molar-refractivity contribution in [1.29, 1.82) is 0 Å². The second-order valence-corrected chi connectivity index (χ2v) is 5.48. The normalized spacial score (nSPS) is 24.1. The van der Waals surface area contributed by atoms with Crippen LogP contribution in [0.4, 0.5) is 0 Å². The van der Waals surface area contributed by atoms with Crippen molar-refractivity contribution in [3.63, 3.8) is 0 Å². The largest absolute Gasteiger partial charge is 0.490 e. The number of hydrogen-bond donors (Lipinski definition) is 0. The van der Waals surface area contributed by atoms with Crippen molar-refractivity contribution in [1.82, 2.24) is 0 Å². The van der Waals surface area contributed by atoms with Crippen LogP contribution in [-0.2, 0) is 15.9 Å². The maximum absolute atomic E-state index is 12.7. The molecule has 3 aliphatic rings. The second-order valence-electron chi connectivity index (χ2n) is 5.48. The lowest BCUT2D eigenvalue weighted by atomic mass is 9.83. The van der Waals surface area contributed by atoms with Gasteiger partial charge in [-0.1, -0.05) is 30.3 Å². The first-order valence-electron chi connectivity index (χ1n) is 7.34. The van der Waals surface area contributed by atoms with Gasteiger partial charge in [0.25, 0.3) is 0 Å². The molecule has 0 saturated carbocycles. The van der Waals surface area contributed by atoms with E-state index in [1.54, 1.807) is 0 Å². The average molecular weight is 280 g/mol. The van der Waals surface area contributed by atoms with Gasteiger partial charge < -0.3 is 9.47 Å². The summed E-state index contributed by atoms with van der Waals surface area (Å²) in [5, 5.41) is 0. The quantitative estimate of drug-likeness (QED) is 0.684. The Kier molecular flexibility index (Phi) is 2.92. The molecule has 0 aromatic heterocycles. The predicted octanol–water partition coefficient (Wildman–Crippen LogP) is 3.33. The maximum Gasteiger partial charge on any atom is 0.189 e. The molecule has 21 heavy (non-hydrogen) atoms. The molecular formula is C18H16O3. The number of aryl methyl sites for hydroxylation is 1. The highest BCUT2D eigenvalue weighted by Gasteiger charge is 2.26. The zero-order valence-corrected chi connectivity index (χ0v) is 11.7. The number of fused-ring (bicyclic) bond motifs is 1. The van der Waals surface area contributed by atoms with Crippen molar-refractivity contribution in [2.45, 2.75) is 19.3 Å². The van der Waals surface area contributed by atoms with Crippen LogP contribution < -0.4 is 0 Å². The predicted molar refractivity (Wildman–Crippen MR) is 78.8 cm³/mol. The number of Topliss-reactive ketones (excluding diaryl/α,β-unsaturated/α-hetero) is 1. The molecule has 0 fully saturated rings. The van der Waals surface area contributed by atoms with Gasteiger partial charge in [0.2, 0.25) is 0 Å². The van der Waals surface area contributed by atoms with Crippen LogP contribution in [0.2, 0.25) is 0 Å². The number of ether oxygens (including phenoxy) is 2. The van der Waals surface area contributed by atoms with Crippen molar-refractivity contribution in [2.75, 3.05) is 13.2 Å². The topological polar surface area (TPSA) is 35.5 Å². The van der Waals surface area contributed by atoms with E-state index < -0.39 is 0 Å². The summed E-state index contributed by atoms with van der Waals surface area (Å²) in [5.74, 6) is 1.84. The number of ketones is 1. The van der Waals surface area contributed by atoms with Crippen molar-refractivity contribution in [3.8, 4) is 0 Å². The number of allylic oxidation sites excluding steroid dienone is 4. The van der Waals surface area contributed by atoms with Crippen LogP contribution in [0.5, 0.6) is 0 Å². The molecule has 0 saturated heterocycles. The van der Waals surface area contributed by atoms with E-state index in [2.05, 4.69) is 0 Å². The van der Waals surface area contributed by atoms with Crippen molar-refractivity contribution >= 4 is 5.78 Å². The number of rotatable bonds is 0. The highest BCUT2D eigenvalue weighted by atomic mass is 16.6. The van der Waals surface area contributed by atoms with Crippen molar-refractivity contribution in [2.24, 2.45) is 0 Å². The molecular weight excluding hydrogens is 264 g/mol. The third-order valence-electron chi connectivity index (χ3n) is 4.25. The monoisotopic (exact) mass is 280 g/mol. The van der Waals surface area contributed by atoms with E-state index in [9.17, 15) is 4.79 Å². The lowest BCUT2D eigenvalue weighted by molar-refractivity contribution is 0.0655. The molecule has 1 heterocycles. The Hall–Kier alpha value is -2.29.